The van der Waals surface area contributed by atoms with Gasteiger partial charge in [0.15, 0.2) is 17.2 Å². The first kappa shape index (κ1) is 22.8. The molecule has 0 bridgehead atoms. The van der Waals surface area contributed by atoms with Crippen LogP contribution < -0.4 is 15.4 Å². The van der Waals surface area contributed by atoms with Crippen molar-refractivity contribution >= 4 is 17.8 Å². The number of phenols is 3. The summed E-state index contributed by atoms with van der Waals surface area (Å²) in [6.07, 6.45) is -0.857. The van der Waals surface area contributed by atoms with Gasteiger partial charge in [0.05, 0.1) is 29.5 Å². The summed E-state index contributed by atoms with van der Waals surface area (Å²) in [5.74, 6) is -4.46. The van der Waals surface area contributed by atoms with E-state index in [1.54, 1.807) is 6.92 Å². The predicted octanol–water partition coefficient (Wildman–Crippen LogP) is 1.34. The van der Waals surface area contributed by atoms with E-state index in [0.717, 1.165) is 12.1 Å². The van der Waals surface area contributed by atoms with E-state index in [1.807, 2.05) is 13.8 Å². The van der Waals surface area contributed by atoms with E-state index in [-0.39, 0.29) is 34.5 Å². The zero-order valence-corrected chi connectivity index (χ0v) is 17.8. The molecule has 0 radical (unpaired) electrons. The van der Waals surface area contributed by atoms with Crippen LogP contribution in [-0.4, -0.2) is 50.8 Å². The van der Waals surface area contributed by atoms with Crippen molar-refractivity contribution in [2.45, 2.75) is 32.5 Å². The number of aromatic hydroxyl groups is 3. The molecule has 5 N–H and O–H groups in total. The third kappa shape index (κ3) is 4.02. The molecule has 3 rings (SSSR count). The Morgan fingerprint density at radius 2 is 1.75 bits per heavy atom. The summed E-state index contributed by atoms with van der Waals surface area (Å²) in [6, 6.07) is 4.41. The van der Waals surface area contributed by atoms with Crippen LogP contribution in [-0.2, 0) is 9.53 Å². The first-order valence-corrected chi connectivity index (χ1v) is 9.63. The highest BCUT2D eigenvalue weighted by molar-refractivity contribution is 5.94. The van der Waals surface area contributed by atoms with Crippen molar-refractivity contribution in [1.82, 2.24) is 15.6 Å². The molecule has 1 amide bonds. The van der Waals surface area contributed by atoms with Crippen LogP contribution in [0.5, 0.6) is 23.1 Å². The molecule has 1 fully saturated rings. The van der Waals surface area contributed by atoms with E-state index in [4.69, 9.17) is 9.47 Å². The zero-order valence-electron chi connectivity index (χ0n) is 17.8. The topological polar surface area (TPSA) is 167 Å². The molecule has 2 unspecified atom stereocenters. The Balaban J connectivity index is 1.95. The largest absolute Gasteiger partial charge is 0.504 e. The molecule has 1 aliphatic rings. The average molecular weight is 445 g/mol. The van der Waals surface area contributed by atoms with Crippen LogP contribution in [0.25, 0.3) is 0 Å². The lowest BCUT2D eigenvalue weighted by Gasteiger charge is -2.26. The van der Waals surface area contributed by atoms with Crippen molar-refractivity contribution in [1.29, 1.82) is 0 Å². The fourth-order valence-corrected chi connectivity index (χ4v) is 3.14. The SMILES string of the molecule is COC(=O)c1ccc(OC(=O)c2cc(O)c(O)c(O)c2)nc1C1NC(=O)C(C)(C(C)C)N1. The summed E-state index contributed by atoms with van der Waals surface area (Å²) in [6.45, 7) is 5.45. The lowest BCUT2D eigenvalue weighted by Crippen LogP contribution is -2.48. The van der Waals surface area contributed by atoms with Crippen LogP contribution in [0.2, 0.25) is 0 Å². The summed E-state index contributed by atoms with van der Waals surface area (Å²) < 4.78 is 9.98. The van der Waals surface area contributed by atoms with Crippen molar-refractivity contribution in [2.75, 3.05) is 7.11 Å². The molecule has 1 aromatic heterocycles. The van der Waals surface area contributed by atoms with Crippen LogP contribution in [0.4, 0.5) is 0 Å². The number of rotatable bonds is 5. The Morgan fingerprint density at radius 1 is 1.12 bits per heavy atom. The number of nitrogens with one attached hydrogen (secondary N) is 2. The second-order valence-electron chi connectivity index (χ2n) is 7.73. The second kappa shape index (κ2) is 8.35. The van der Waals surface area contributed by atoms with Gasteiger partial charge in [-0.25, -0.2) is 14.6 Å². The Bertz CT molecular complexity index is 1080. The summed E-state index contributed by atoms with van der Waals surface area (Å²) in [5, 5.41) is 34.5. The highest BCUT2D eigenvalue weighted by atomic mass is 16.5. The van der Waals surface area contributed by atoms with Crippen LogP contribution >= 0.6 is 0 Å². The van der Waals surface area contributed by atoms with Gasteiger partial charge in [0.1, 0.15) is 6.17 Å². The molecular formula is C21H23N3O8. The van der Waals surface area contributed by atoms with E-state index >= 15 is 0 Å². The van der Waals surface area contributed by atoms with Crippen molar-refractivity contribution in [2.24, 2.45) is 5.92 Å². The number of aromatic nitrogens is 1. The minimum absolute atomic E-state index is 0.0537. The molecule has 0 saturated carbocycles. The van der Waals surface area contributed by atoms with Gasteiger partial charge in [0, 0.05) is 6.07 Å². The monoisotopic (exact) mass is 445 g/mol. The quantitative estimate of drug-likeness (QED) is 0.334. The van der Waals surface area contributed by atoms with Gasteiger partial charge in [-0.1, -0.05) is 13.8 Å². The molecule has 2 heterocycles. The Hall–Kier alpha value is -3.86. The van der Waals surface area contributed by atoms with Crippen LogP contribution in [0.1, 0.15) is 53.3 Å². The van der Waals surface area contributed by atoms with E-state index < -0.39 is 40.9 Å². The number of benzene rings is 1. The summed E-state index contributed by atoms with van der Waals surface area (Å²) in [7, 11) is 1.20. The van der Waals surface area contributed by atoms with Gasteiger partial charge in [0.25, 0.3) is 0 Å². The number of methoxy groups -OCH3 is 1. The molecule has 0 spiro atoms. The van der Waals surface area contributed by atoms with Crippen molar-refractivity contribution in [3.05, 3.63) is 41.1 Å². The minimum atomic E-state index is -0.990. The number of carbonyl (C=O) groups is 3. The predicted molar refractivity (Wildman–Crippen MR) is 109 cm³/mol. The van der Waals surface area contributed by atoms with Crippen molar-refractivity contribution in [3.63, 3.8) is 0 Å². The maximum absolute atomic E-state index is 12.5. The number of pyridine rings is 1. The Kier molecular flexibility index (Phi) is 5.95. The van der Waals surface area contributed by atoms with Crippen LogP contribution in [0.15, 0.2) is 24.3 Å². The number of amides is 1. The highest BCUT2D eigenvalue weighted by Gasteiger charge is 2.46. The maximum Gasteiger partial charge on any atom is 0.345 e. The Labute approximate surface area is 183 Å². The van der Waals surface area contributed by atoms with Gasteiger partial charge in [-0.05, 0) is 31.0 Å². The van der Waals surface area contributed by atoms with E-state index in [9.17, 15) is 29.7 Å². The van der Waals surface area contributed by atoms with E-state index in [0.29, 0.717) is 0 Å². The van der Waals surface area contributed by atoms with Crippen LogP contribution in [0.3, 0.4) is 0 Å². The molecule has 11 heteroatoms. The van der Waals surface area contributed by atoms with Gasteiger partial charge < -0.3 is 30.1 Å². The number of hydrogen-bond donors (Lipinski definition) is 5. The number of hydrogen-bond acceptors (Lipinski definition) is 10. The molecule has 1 aromatic carbocycles. The molecule has 170 valence electrons. The fraction of sp³-hybridized carbons (Fsp3) is 0.333. The standard InChI is InChI=1S/C21H23N3O8/c1-9(2)21(3)20(30)23-17(24-21)15-11(19(29)31-4)5-6-14(22-15)32-18(28)10-7-12(25)16(27)13(26)8-10/h5-9,17,24-27H,1-4H3,(H,23,30). The van der Waals surface area contributed by atoms with Crippen molar-refractivity contribution < 1.29 is 39.2 Å². The van der Waals surface area contributed by atoms with Gasteiger partial charge in [-0.15, -0.1) is 0 Å². The molecule has 2 atom stereocenters. The zero-order chi connectivity index (χ0) is 23.8. The van der Waals surface area contributed by atoms with Crippen molar-refractivity contribution in [3.8, 4) is 23.1 Å². The Morgan fingerprint density at radius 3 is 2.28 bits per heavy atom. The minimum Gasteiger partial charge on any atom is -0.504 e. The molecule has 2 aromatic rings. The third-order valence-electron chi connectivity index (χ3n) is 5.43. The third-order valence-corrected chi connectivity index (χ3v) is 5.43. The van der Waals surface area contributed by atoms with E-state index in [2.05, 4.69) is 15.6 Å². The number of nitrogens with zero attached hydrogens (tertiary/aromatic N) is 1. The van der Waals surface area contributed by atoms with Gasteiger partial charge in [-0.3, -0.25) is 10.1 Å². The lowest BCUT2D eigenvalue weighted by atomic mass is 9.89. The summed E-state index contributed by atoms with van der Waals surface area (Å²) >= 11 is 0. The molecule has 32 heavy (non-hydrogen) atoms. The highest BCUT2D eigenvalue weighted by Crippen LogP contribution is 2.36. The maximum atomic E-state index is 12.5. The molecule has 0 aliphatic carbocycles. The van der Waals surface area contributed by atoms with Crippen LogP contribution in [0, 0.1) is 5.92 Å². The first-order valence-electron chi connectivity index (χ1n) is 9.63. The lowest BCUT2D eigenvalue weighted by molar-refractivity contribution is -0.125. The first-order chi connectivity index (χ1) is 15.0. The van der Waals surface area contributed by atoms with Gasteiger partial charge in [0.2, 0.25) is 11.8 Å². The molecule has 1 aliphatic heterocycles. The fourth-order valence-electron chi connectivity index (χ4n) is 3.14. The summed E-state index contributed by atoms with van der Waals surface area (Å²) in [4.78, 5) is 41.4. The molecule has 11 nitrogen and oxygen atoms in total. The normalized spacial score (nSPS) is 20.2. The number of ether oxygens (including phenoxy) is 2. The molecular weight excluding hydrogens is 422 g/mol. The molecule has 1 saturated heterocycles. The van der Waals surface area contributed by atoms with E-state index in [1.165, 1.54) is 19.2 Å². The smallest absolute Gasteiger partial charge is 0.345 e. The average Bonchev–Trinajstić information content (AvgIpc) is 3.06. The second-order valence-corrected chi connectivity index (χ2v) is 7.73. The number of esters is 2. The van der Waals surface area contributed by atoms with Gasteiger partial charge in [-0.2, -0.15) is 0 Å². The number of carbonyl (C=O) groups excluding carboxylic acids is 3. The number of phenolic OH excluding ortho intramolecular Hbond substituents is 3. The summed E-state index contributed by atoms with van der Waals surface area (Å²) in [5.41, 5.74) is -1.04. The van der Waals surface area contributed by atoms with Gasteiger partial charge >= 0.3 is 11.9 Å².